The molecule has 1 aliphatic rings. The summed E-state index contributed by atoms with van der Waals surface area (Å²) in [6, 6.07) is 3.48. The number of likely N-dealkylation sites (tertiary alicyclic amines) is 1. The number of carbonyl (C=O) groups excluding carboxylic acids is 1. The van der Waals surface area contributed by atoms with E-state index in [9.17, 15) is 19.3 Å². The third-order valence-corrected chi connectivity index (χ3v) is 3.78. The smallest absolute Gasteiger partial charge is 0.314 e. The van der Waals surface area contributed by atoms with Gasteiger partial charge in [-0.3, -0.25) is 15.0 Å². The van der Waals surface area contributed by atoms with Gasteiger partial charge in [0.2, 0.25) is 0 Å². The number of nitrogens with one attached hydrogen (secondary N) is 2. The molecular formula is C14H19FN4O3. The molecule has 22 heavy (non-hydrogen) atoms. The maximum atomic E-state index is 13.8. The quantitative estimate of drug-likeness (QED) is 0.653. The molecular weight excluding hydrogens is 291 g/mol. The summed E-state index contributed by atoms with van der Waals surface area (Å²) in [5.41, 5.74) is 0.222. The molecule has 0 bridgehead atoms. The van der Waals surface area contributed by atoms with Crippen molar-refractivity contribution in [1.82, 2.24) is 15.5 Å². The molecule has 0 spiro atoms. The van der Waals surface area contributed by atoms with Crippen molar-refractivity contribution >= 4 is 11.7 Å². The van der Waals surface area contributed by atoms with Crippen LogP contribution in [0.2, 0.25) is 0 Å². The Morgan fingerprint density at radius 1 is 1.45 bits per heavy atom. The fourth-order valence-corrected chi connectivity index (χ4v) is 2.53. The van der Waals surface area contributed by atoms with Gasteiger partial charge in [-0.25, -0.2) is 9.18 Å². The summed E-state index contributed by atoms with van der Waals surface area (Å²) >= 11 is 0. The normalized spacial score (nSPS) is 16.3. The number of urea groups is 1. The summed E-state index contributed by atoms with van der Waals surface area (Å²) in [5, 5.41) is 16.1. The lowest BCUT2D eigenvalue weighted by atomic mass is 10.0. The van der Waals surface area contributed by atoms with Gasteiger partial charge in [-0.1, -0.05) is 0 Å². The SMILES string of the molecule is CNC(=O)NC1CCN(Cc2cc([N+](=O)[O-])ccc2F)CC1. The van der Waals surface area contributed by atoms with Crippen molar-refractivity contribution in [3.8, 4) is 0 Å². The van der Waals surface area contributed by atoms with Crippen LogP contribution in [-0.2, 0) is 6.54 Å². The lowest BCUT2D eigenvalue weighted by molar-refractivity contribution is -0.385. The fraction of sp³-hybridized carbons (Fsp3) is 0.500. The summed E-state index contributed by atoms with van der Waals surface area (Å²) in [4.78, 5) is 23.5. The second-order valence-corrected chi connectivity index (χ2v) is 5.31. The van der Waals surface area contributed by atoms with Crippen LogP contribution >= 0.6 is 0 Å². The molecule has 1 saturated heterocycles. The molecule has 1 aliphatic heterocycles. The number of hydrogen-bond donors (Lipinski definition) is 2. The first-order valence-corrected chi connectivity index (χ1v) is 7.13. The van der Waals surface area contributed by atoms with Crippen molar-refractivity contribution in [3.63, 3.8) is 0 Å². The Labute approximate surface area is 127 Å². The number of amides is 2. The van der Waals surface area contributed by atoms with Gasteiger partial charge in [-0.2, -0.15) is 0 Å². The van der Waals surface area contributed by atoms with Gasteiger partial charge in [-0.15, -0.1) is 0 Å². The Morgan fingerprint density at radius 3 is 2.73 bits per heavy atom. The van der Waals surface area contributed by atoms with Crippen LogP contribution in [0.3, 0.4) is 0 Å². The lowest BCUT2D eigenvalue weighted by Gasteiger charge is -2.32. The minimum atomic E-state index is -0.525. The highest BCUT2D eigenvalue weighted by Crippen LogP contribution is 2.20. The molecule has 8 heteroatoms. The number of halogens is 1. The Balaban J connectivity index is 1.92. The van der Waals surface area contributed by atoms with Gasteiger partial charge < -0.3 is 10.6 Å². The number of non-ortho nitro benzene ring substituents is 1. The van der Waals surface area contributed by atoms with Crippen molar-refractivity contribution < 1.29 is 14.1 Å². The second kappa shape index (κ2) is 7.17. The van der Waals surface area contributed by atoms with E-state index in [1.807, 2.05) is 4.90 Å². The topological polar surface area (TPSA) is 87.5 Å². The number of rotatable bonds is 4. The summed E-state index contributed by atoms with van der Waals surface area (Å²) in [5.74, 6) is -0.434. The summed E-state index contributed by atoms with van der Waals surface area (Å²) in [6.45, 7) is 1.74. The van der Waals surface area contributed by atoms with E-state index in [4.69, 9.17) is 0 Å². The zero-order chi connectivity index (χ0) is 16.1. The molecule has 0 unspecified atom stereocenters. The molecule has 1 heterocycles. The molecule has 1 aromatic carbocycles. The number of hydrogen-bond acceptors (Lipinski definition) is 4. The molecule has 7 nitrogen and oxygen atoms in total. The standard InChI is InChI=1S/C14H19FN4O3/c1-16-14(20)17-11-4-6-18(7-5-11)9-10-8-12(19(21)22)2-3-13(10)15/h2-3,8,11H,4-7,9H2,1H3,(H2,16,17,20). The first-order chi connectivity index (χ1) is 10.5. The average molecular weight is 310 g/mol. The first kappa shape index (κ1) is 16.2. The highest BCUT2D eigenvalue weighted by molar-refractivity contribution is 5.73. The minimum Gasteiger partial charge on any atom is -0.341 e. The number of nitrogens with zero attached hydrogens (tertiary/aromatic N) is 2. The van der Waals surface area contributed by atoms with Crippen molar-refractivity contribution in [2.45, 2.75) is 25.4 Å². The predicted octanol–water partition coefficient (Wildman–Crippen LogP) is 1.63. The van der Waals surface area contributed by atoms with Gasteiger partial charge in [0.25, 0.3) is 5.69 Å². The van der Waals surface area contributed by atoms with Crippen LogP contribution in [-0.4, -0.2) is 42.0 Å². The largest absolute Gasteiger partial charge is 0.341 e. The van der Waals surface area contributed by atoms with E-state index in [0.29, 0.717) is 25.2 Å². The molecule has 0 aromatic heterocycles. The highest BCUT2D eigenvalue weighted by atomic mass is 19.1. The van der Waals surface area contributed by atoms with Crippen LogP contribution in [0.25, 0.3) is 0 Å². The van der Waals surface area contributed by atoms with E-state index in [0.717, 1.165) is 18.9 Å². The Hall–Kier alpha value is -2.22. The monoisotopic (exact) mass is 310 g/mol. The van der Waals surface area contributed by atoms with E-state index in [2.05, 4.69) is 10.6 Å². The van der Waals surface area contributed by atoms with Crippen LogP contribution in [0.1, 0.15) is 18.4 Å². The van der Waals surface area contributed by atoms with Crippen LogP contribution in [0.15, 0.2) is 18.2 Å². The van der Waals surface area contributed by atoms with Crippen molar-refractivity contribution in [3.05, 3.63) is 39.7 Å². The third kappa shape index (κ3) is 4.14. The van der Waals surface area contributed by atoms with E-state index < -0.39 is 10.7 Å². The summed E-state index contributed by atoms with van der Waals surface area (Å²) < 4.78 is 13.8. The summed E-state index contributed by atoms with van der Waals surface area (Å²) in [6.07, 6.45) is 1.54. The number of nitro groups is 1. The fourth-order valence-electron chi connectivity index (χ4n) is 2.53. The van der Waals surface area contributed by atoms with Gasteiger partial charge in [0.15, 0.2) is 0 Å². The number of benzene rings is 1. The van der Waals surface area contributed by atoms with Gasteiger partial charge in [0.1, 0.15) is 5.82 Å². The zero-order valence-electron chi connectivity index (χ0n) is 12.3. The number of piperidine rings is 1. The molecule has 2 rings (SSSR count). The van der Waals surface area contributed by atoms with Crippen molar-refractivity contribution in [2.75, 3.05) is 20.1 Å². The zero-order valence-corrected chi connectivity index (χ0v) is 12.3. The van der Waals surface area contributed by atoms with Gasteiger partial charge in [0, 0.05) is 50.4 Å². The van der Waals surface area contributed by atoms with Crippen molar-refractivity contribution in [2.24, 2.45) is 0 Å². The van der Waals surface area contributed by atoms with Gasteiger partial charge in [0.05, 0.1) is 4.92 Å². The molecule has 0 atom stereocenters. The molecule has 1 aromatic rings. The molecule has 1 fully saturated rings. The average Bonchev–Trinajstić information content (AvgIpc) is 2.51. The molecule has 0 saturated carbocycles. The molecule has 0 radical (unpaired) electrons. The number of carbonyl (C=O) groups is 1. The second-order valence-electron chi connectivity index (χ2n) is 5.31. The van der Waals surface area contributed by atoms with E-state index >= 15 is 0 Å². The Morgan fingerprint density at radius 2 is 2.14 bits per heavy atom. The molecule has 2 amide bonds. The highest BCUT2D eigenvalue weighted by Gasteiger charge is 2.21. The maximum Gasteiger partial charge on any atom is 0.314 e. The molecule has 0 aliphatic carbocycles. The van der Waals surface area contributed by atoms with Gasteiger partial charge >= 0.3 is 6.03 Å². The van der Waals surface area contributed by atoms with E-state index in [-0.39, 0.29) is 17.8 Å². The Kier molecular flexibility index (Phi) is 5.26. The van der Waals surface area contributed by atoms with E-state index in [1.54, 1.807) is 7.05 Å². The third-order valence-electron chi connectivity index (χ3n) is 3.78. The van der Waals surface area contributed by atoms with Crippen LogP contribution in [0.4, 0.5) is 14.9 Å². The lowest BCUT2D eigenvalue weighted by Crippen LogP contribution is -2.46. The molecule has 120 valence electrons. The van der Waals surface area contributed by atoms with Crippen LogP contribution < -0.4 is 10.6 Å². The maximum absolute atomic E-state index is 13.8. The first-order valence-electron chi connectivity index (χ1n) is 7.13. The Bertz CT molecular complexity index is 559. The van der Waals surface area contributed by atoms with Crippen LogP contribution in [0, 0.1) is 15.9 Å². The van der Waals surface area contributed by atoms with Crippen molar-refractivity contribution in [1.29, 1.82) is 0 Å². The summed E-state index contributed by atoms with van der Waals surface area (Å²) in [7, 11) is 1.57. The van der Waals surface area contributed by atoms with Crippen LogP contribution in [0.5, 0.6) is 0 Å². The van der Waals surface area contributed by atoms with E-state index in [1.165, 1.54) is 12.1 Å². The van der Waals surface area contributed by atoms with Gasteiger partial charge in [-0.05, 0) is 18.9 Å². The number of nitro benzene ring substituents is 1. The predicted molar refractivity (Wildman–Crippen MR) is 78.9 cm³/mol. The molecule has 2 N–H and O–H groups in total. The minimum absolute atomic E-state index is 0.103.